The average molecular weight is 380 g/mol. The molecule has 0 radical (unpaired) electrons. The largest absolute Gasteiger partial charge is 0.427 e. The van der Waals surface area contributed by atoms with Crippen molar-refractivity contribution in [2.45, 2.75) is 65.2 Å². The van der Waals surface area contributed by atoms with Crippen LogP contribution in [0.4, 0.5) is 0 Å². The van der Waals surface area contributed by atoms with Gasteiger partial charge in [-0.25, -0.2) is 0 Å². The van der Waals surface area contributed by atoms with Crippen LogP contribution in [0.25, 0.3) is 0 Å². The number of benzene rings is 2. The second-order valence-electron chi connectivity index (χ2n) is 9.46. The van der Waals surface area contributed by atoms with Crippen LogP contribution in [0.5, 0.6) is 11.5 Å². The summed E-state index contributed by atoms with van der Waals surface area (Å²) in [6.07, 6.45) is 0. The summed E-state index contributed by atoms with van der Waals surface area (Å²) < 4.78 is 10.9. The molecule has 1 atom stereocenters. The van der Waals surface area contributed by atoms with Crippen molar-refractivity contribution >= 4 is 11.9 Å². The SMILES string of the molecule is CC(=O)Oc1ccc(C2C(=O)Oc3c2cc(C(C)(C)C)cc3C(C)(C)C)cc1. The van der Waals surface area contributed by atoms with Gasteiger partial charge in [-0.05, 0) is 34.1 Å². The minimum Gasteiger partial charge on any atom is -0.427 e. The number of carbonyl (C=O) groups excluding carboxylic acids is 2. The highest BCUT2D eigenvalue weighted by Crippen LogP contribution is 2.47. The third-order valence-electron chi connectivity index (χ3n) is 5.02. The minimum absolute atomic E-state index is 0.0512. The zero-order valence-corrected chi connectivity index (χ0v) is 17.7. The number of hydrogen-bond acceptors (Lipinski definition) is 4. The summed E-state index contributed by atoms with van der Waals surface area (Å²) in [6.45, 7) is 14.3. The summed E-state index contributed by atoms with van der Waals surface area (Å²) in [5, 5.41) is 0. The molecule has 4 heteroatoms. The lowest BCUT2D eigenvalue weighted by Crippen LogP contribution is -2.17. The maximum Gasteiger partial charge on any atom is 0.323 e. The number of esters is 2. The Morgan fingerprint density at radius 3 is 2.07 bits per heavy atom. The van der Waals surface area contributed by atoms with E-state index in [1.807, 2.05) is 12.1 Å². The molecular formula is C24H28O4. The van der Waals surface area contributed by atoms with E-state index in [0.717, 1.165) is 16.7 Å². The van der Waals surface area contributed by atoms with Crippen LogP contribution in [-0.4, -0.2) is 11.9 Å². The molecule has 28 heavy (non-hydrogen) atoms. The Morgan fingerprint density at radius 1 is 0.964 bits per heavy atom. The predicted molar refractivity (Wildman–Crippen MR) is 109 cm³/mol. The van der Waals surface area contributed by atoms with Crippen molar-refractivity contribution in [3.8, 4) is 11.5 Å². The molecule has 0 aromatic heterocycles. The van der Waals surface area contributed by atoms with E-state index in [0.29, 0.717) is 11.5 Å². The molecule has 2 aromatic rings. The Bertz CT molecular complexity index is 925. The fraction of sp³-hybridized carbons (Fsp3) is 0.417. The molecule has 0 saturated carbocycles. The lowest BCUT2D eigenvalue weighted by molar-refractivity contribution is -0.133. The smallest absolute Gasteiger partial charge is 0.323 e. The Kier molecular flexibility index (Phi) is 4.86. The maximum absolute atomic E-state index is 12.8. The molecule has 4 nitrogen and oxygen atoms in total. The first-order valence-electron chi connectivity index (χ1n) is 9.57. The van der Waals surface area contributed by atoms with Crippen LogP contribution in [0.1, 0.15) is 76.6 Å². The molecule has 0 N–H and O–H groups in total. The second kappa shape index (κ2) is 6.77. The van der Waals surface area contributed by atoms with E-state index in [4.69, 9.17) is 9.47 Å². The van der Waals surface area contributed by atoms with Crippen LogP contribution in [0, 0.1) is 0 Å². The fourth-order valence-electron chi connectivity index (χ4n) is 3.47. The Morgan fingerprint density at radius 2 is 1.57 bits per heavy atom. The Labute approximate surface area is 166 Å². The van der Waals surface area contributed by atoms with Crippen molar-refractivity contribution in [2.24, 2.45) is 0 Å². The van der Waals surface area contributed by atoms with Gasteiger partial charge in [0, 0.05) is 18.1 Å². The molecule has 1 unspecified atom stereocenters. The van der Waals surface area contributed by atoms with Gasteiger partial charge in [-0.1, -0.05) is 65.8 Å². The molecule has 0 spiro atoms. The quantitative estimate of drug-likeness (QED) is 0.527. The summed E-state index contributed by atoms with van der Waals surface area (Å²) in [7, 11) is 0. The molecule has 1 heterocycles. The summed E-state index contributed by atoms with van der Waals surface area (Å²) in [6, 6.07) is 11.3. The molecule has 1 aliphatic heterocycles. The lowest BCUT2D eigenvalue weighted by atomic mass is 9.77. The fourth-order valence-corrected chi connectivity index (χ4v) is 3.47. The Balaban J connectivity index is 2.13. The third kappa shape index (κ3) is 3.82. The third-order valence-corrected chi connectivity index (χ3v) is 5.02. The number of ether oxygens (including phenoxy) is 2. The summed E-state index contributed by atoms with van der Waals surface area (Å²) in [5.41, 5.74) is 3.75. The summed E-state index contributed by atoms with van der Waals surface area (Å²) in [5.74, 6) is 0.0146. The molecule has 2 aromatic carbocycles. The molecular weight excluding hydrogens is 352 g/mol. The monoisotopic (exact) mass is 380 g/mol. The van der Waals surface area contributed by atoms with E-state index in [1.54, 1.807) is 12.1 Å². The standard InChI is InChI=1S/C24H28O4/c1-14(25)27-17-10-8-15(9-11-17)20-18-12-16(23(2,3)4)13-19(24(5,6)7)21(18)28-22(20)26/h8-13,20H,1-7H3. The van der Waals surface area contributed by atoms with E-state index in [1.165, 1.54) is 12.5 Å². The summed E-state index contributed by atoms with van der Waals surface area (Å²) in [4.78, 5) is 24.0. The van der Waals surface area contributed by atoms with Crippen LogP contribution >= 0.6 is 0 Å². The van der Waals surface area contributed by atoms with Gasteiger partial charge in [0.15, 0.2) is 0 Å². The highest BCUT2D eigenvalue weighted by atomic mass is 16.5. The number of hydrogen-bond donors (Lipinski definition) is 0. The van der Waals surface area contributed by atoms with Crippen molar-refractivity contribution < 1.29 is 19.1 Å². The van der Waals surface area contributed by atoms with Gasteiger partial charge in [0.1, 0.15) is 17.4 Å². The van der Waals surface area contributed by atoms with Crippen LogP contribution in [0.3, 0.4) is 0 Å². The number of rotatable bonds is 2. The van der Waals surface area contributed by atoms with Gasteiger partial charge in [0.05, 0.1) is 0 Å². The van der Waals surface area contributed by atoms with Crippen LogP contribution < -0.4 is 9.47 Å². The van der Waals surface area contributed by atoms with E-state index < -0.39 is 5.92 Å². The zero-order chi connectivity index (χ0) is 20.9. The predicted octanol–water partition coefficient (Wildman–Crippen LogP) is 5.26. The first-order valence-corrected chi connectivity index (χ1v) is 9.57. The highest BCUT2D eigenvalue weighted by Gasteiger charge is 2.39. The zero-order valence-electron chi connectivity index (χ0n) is 17.7. The Hall–Kier alpha value is -2.62. The molecule has 3 rings (SSSR count). The van der Waals surface area contributed by atoms with Gasteiger partial charge in [-0.15, -0.1) is 0 Å². The minimum atomic E-state index is -0.482. The van der Waals surface area contributed by atoms with Gasteiger partial charge in [-0.3, -0.25) is 9.59 Å². The van der Waals surface area contributed by atoms with Gasteiger partial charge >= 0.3 is 11.9 Å². The van der Waals surface area contributed by atoms with Gasteiger partial charge in [0.2, 0.25) is 0 Å². The molecule has 1 aliphatic rings. The first kappa shape index (κ1) is 20.1. The van der Waals surface area contributed by atoms with Gasteiger partial charge < -0.3 is 9.47 Å². The van der Waals surface area contributed by atoms with E-state index in [2.05, 4.69) is 53.7 Å². The van der Waals surface area contributed by atoms with Crippen molar-refractivity contribution in [1.29, 1.82) is 0 Å². The van der Waals surface area contributed by atoms with Crippen molar-refractivity contribution in [2.75, 3.05) is 0 Å². The average Bonchev–Trinajstić information content (AvgIpc) is 2.88. The molecule has 0 bridgehead atoms. The second-order valence-corrected chi connectivity index (χ2v) is 9.46. The van der Waals surface area contributed by atoms with Crippen LogP contribution in [0.15, 0.2) is 36.4 Å². The van der Waals surface area contributed by atoms with E-state index in [9.17, 15) is 9.59 Å². The highest BCUT2D eigenvalue weighted by molar-refractivity contribution is 5.90. The maximum atomic E-state index is 12.8. The van der Waals surface area contributed by atoms with Gasteiger partial charge in [0.25, 0.3) is 0 Å². The van der Waals surface area contributed by atoms with E-state index >= 15 is 0 Å². The van der Waals surface area contributed by atoms with Crippen molar-refractivity contribution in [3.05, 3.63) is 58.7 Å². The van der Waals surface area contributed by atoms with Gasteiger partial charge in [-0.2, -0.15) is 0 Å². The van der Waals surface area contributed by atoms with Crippen LogP contribution in [0.2, 0.25) is 0 Å². The van der Waals surface area contributed by atoms with Crippen LogP contribution in [-0.2, 0) is 20.4 Å². The topological polar surface area (TPSA) is 52.6 Å². The molecule has 0 amide bonds. The normalized spacial score (nSPS) is 16.5. The molecule has 148 valence electrons. The first-order chi connectivity index (χ1) is 12.9. The molecule has 0 fully saturated rings. The number of fused-ring (bicyclic) bond motifs is 1. The number of carbonyl (C=O) groups is 2. The molecule has 0 saturated heterocycles. The lowest BCUT2D eigenvalue weighted by Gasteiger charge is -2.27. The van der Waals surface area contributed by atoms with Crippen molar-refractivity contribution in [1.82, 2.24) is 0 Å². The van der Waals surface area contributed by atoms with E-state index in [-0.39, 0.29) is 22.8 Å². The summed E-state index contributed by atoms with van der Waals surface area (Å²) >= 11 is 0. The molecule has 0 aliphatic carbocycles. The van der Waals surface area contributed by atoms with Crippen molar-refractivity contribution in [3.63, 3.8) is 0 Å².